The van der Waals surface area contributed by atoms with Crippen molar-refractivity contribution in [1.82, 2.24) is 9.80 Å². The normalized spacial score (nSPS) is 25.6. The Morgan fingerprint density at radius 1 is 1.21 bits per heavy atom. The summed E-state index contributed by atoms with van der Waals surface area (Å²) < 4.78 is 0. The highest BCUT2D eigenvalue weighted by Gasteiger charge is 2.40. The number of benzene rings is 1. The third-order valence-corrected chi connectivity index (χ3v) is 5.64. The van der Waals surface area contributed by atoms with Crippen LogP contribution in [0.1, 0.15) is 18.9 Å². The quantitative estimate of drug-likeness (QED) is 0.682. The summed E-state index contributed by atoms with van der Waals surface area (Å²) in [5.41, 5.74) is 2.31. The number of allylic oxidation sites excluding steroid dienone is 4. The molecule has 2 aliphatic rings. The van der Waals surface area contributed by atoms with Crippen molar-refractivity contribution in [2.45, 2.75) is 25.9 Å². The van der Waals surface area contributed by atoms with Gasteiger partial charge in [0.2, 0.25) is 0 Å². The number of fused-ring (bicyclic) bond motifs is 2. The fourth-order valence-electron chi connectivity index (χ4n) is 3.92. The first-order valence-electron chi connectivity index (χ1n) is 8.49. The van der Waals surface area contributed by atoms with Crippen LogP contribution in [0.25, 0.3) is 0 Å². The van der Waals surface area contributed by atoms with Crippen LogP contribution >= 0.6 is 23.2 Å². The van der Waals surface area contributed by atoms with Gasteiger partial charge in [-0.15, -0.1) is 0 Å². The van der Waals surface area contributed by atoms with Gasteiger partial charge < -0.3 is 4.90 Å². The lowest BCUT2D eigenvalue weighted by atomic mass is 9.99. The van der Waals surface area contributed by atoms with Crippen molar-refractivity contribution in [3.63, 3.8) is 0 Å². The third kappa shape index (κ3) is 3.72. The number of nitrogens with zero attached hydrogens (tertiary/aromatic N) is 2. The smallest absolute Gasteiger partial charge is 0.0744 e. The molecule has 2 nitrogen and oxygen atoms in total. The Hall–Kier alpha value is -1.22. The van der Waals surface area contributed by atoms with Gasteiger partial charge in [0.1, 0.15) is 0 Å². The van der Waals surface area contributed by atoms with Crippen molar-refractivity contribution < 1.29 is 0 Å². The van der Waals surface area contributed by atoms with Crippen LogP contribution in [0, 0.1) is 5.92 Å². The molecule has 0 amide bonds. The first-order valence-corrected chi connectivity index (χ1v) is 9.25. The third-order valence-electron chi connectivity index (χ3n) is 4.91. The fraction of sp³-hybridized carbons (Fsp3) is 0.400. The standard InChI is InChI=1S/C20H24Cl2N2/c1-3-18(21)20(19(22)4-2)24-13-16-10-17(24)14-23(12-16)11-15-8-6-5-7-9-15/h3-9,16-17H,1,10-14H2,2H3/b19-4+,20-18-. The van der Waals surface area contributed by atoms with E-state index in [1.807, 2.05) is 13.0 Å². The zero-order chi connectivity index (χ0) is 17.1. The van der Waals surface area contributed by atoms with Crippen LogP contribution in [0.15, 0.2) is 64.8 Å². The maximum atomic E-state index is 6.46. The predicted octanol–water partition coefficient (Wildman–Crippen LogP) is 4.97. The van der Waals surface area contributed by atoms with Crippen LogP contribution in [0.4, 0.5) is 0 Å². The summed E-state index contributed by atoms with van der Waals surface area (Å²) in [6.45, 7) is 9.96. The second-order valence-corrected chi connectivity index (χ2v) is 7.44. The maximum Gasteiger partial charge on any atom is 0.0744 e. The molecule has 2 fully saturated rings. The van der Waals surface area contributed by atoms with Crippen molar-refractivity contribution >= 4 is 23.2 Å². The monoisotopic (exact) mass is 362 g/mol. The Bertz CT molecular complexity index is 651. The van der Waals surface area contributed by atoms with Gasteiger partial charge in [-0.3, -0.25) is 4.90 Å². The molecule has 2 atom stereocenters. The zero-order valence-electron chi connectivity index (χ0n) is 14.1. The van der Waals surface area contributed by atoms with Gasteiger partial charge in [-0.25, -0.2) is 0 Å². The molecule has 0 saturated carbocycles. The van der Waals surface area contributed by atoms with E-state index >= 15 is 0 Å². The number of halogens is 2. The van der Waals surface area contributed by atoms with Crippen LogP contribution < -0.4 is 0 Å². The van der Waals surface area contributed by atoms with Gasteiger partial charge in [0.05, 0.1) is 15.8 Å². The minimum absolute atomic E-state index is 0.463. The zero-order valence-corrected chi connectivity index (χ0v) is 15.6. The Balaban J connectivity index is 1.77. The number of hydrogen-bond donors (Lipinski definition) is 0. The van der Waals surface area contributed by atoms with Crippen LogP contribution in [-0.2, 0) is 6.54 Å². The molecule has 0 radical (unpaired) electrons. The molecular weight excluding hydrogens is 339 g/mol. The van der Waals surface area contributed by atoms with Crippen molar-refractivity contribution in [1.29, 1.82) is 0 Å². The summed E-state index contributed by atoms with van der Waals surface area (Å²) in [6, 6.07) is 11.1. The SMILES string of the molecule is C=C/C(Cl)=C(\C(Cl)=C/C)N1CC2CC1CN(Cc1ccccc1)C2. The Labute approximate surface area is 155 Å². The van der Waals surface area contributed by atoms with Crippen molar-refractivity contribution in [3.8, 4) is 0 Å². The van der Waals surface area contributed by atoms with Gasteiger partial charge in [0.15, 0.2) is 0 Å². The van der Waals surface area contributed by atoms with Crippen LogP contribution in [0.2, 0.25) is 0 Å². The highest BCUT2D eigenvalue weighted by molar-refractivity contribution is 6.36. The molecule has 0 aromatic heterocycles. The van der Waals surface area contributed by atoms with E-state index < -0.39 is 0 Å². The summed E-state index contributed by atoms with van der Waals surface area (Å²) in [5, 5.41) is 1.35. The summed E-state index contributed by atoms with van der Waals surface area (Å²) >= 11 is 12.9. The van der Waals surface area contributed by atoms with Crippen LogP contribution in [-0.4, -0.2) is 35.5 Å². The van der Waals surface area contributed by atoms with E-state index in [-0.39, 0.29) is 0 Å². The van der Waals surface area contributed by atoms with Crippen molar-refractivity contribution in [2.24, 2.45) is 5.92 Å². The summed E-state index contributed by atoms with van der Waals surface area (Å²) in [4.78, 5) is 4.94. The molecular formula is C20H24Cl2N2. The van der Waals surface area contributed by atoms with Crippen molar-refractivity contribution in [3.05, 3.63) is 70.4 Å². The topological polar surface area (TPSA) is 6.48 Å². The minimum Gasteiger partial charge on any atom is -0.365 e. The number of likely N-dealkylation sites (tertiary alicyclic amines) is 2. The summed E-state index contributed by atoms with van der Waals surface area (Å²) in [6.07, 6.45) is 4.81. The van der Waals surface area contributed by atoms with E-state index in [1.54, 1.807) is 6.08 Å². The summed E-state index contributed by atoms with van der Waals surface area (Å²) in [7, 11) is 0. The Morgan fingerprint density at radius 2 is 1.96 bits per heavy atom. The molecule has 2 heterocycles. The van der Waals surface area contributed by atoms with E-state index in [0.29, 0.717) is 22.0 Å². The molecule has 2 bridgehead atoms. The molecule has 2 unspecified atom stereocenters. The lowest BCUT2D eigenvalue weighted by molar-refractivity contribution is 0.168. The fourth-order valence-corrected chi connectivity index (χ4v) is 4.39. The van der Waals surface area contributed by atoms with Crippen LogP contribution in [0.3, 0.4) is 0 Å². The molecule has 3 rings (SSSR count). The predicted molar refractivity (Wildman–Crippen MR) is 103 cm³/mol. The first kappa shape index (κ1) is 17.6. The number of piperidine rings is 1. The minimum atomic E-state index is 0.463. The van der Waals surface area contributed by atoms with Gasteiger partial charge in [-0.05, 0) is 30.9 Å². The average molecular weight is 363 g/mol. The molecule has 1 aromatic carbocycles. The molecule has 2 saturated heterocycles. The van der Waals surface area contributed by atoms with E-state index in [9.17, 15) is 0 Å². The van der Waals surface area contributed by atoms with E-state index in [1.165, 1.54) is 12.0 Å². The number of rotatable bonds is 5. The van der Waals surface area contributed by atoms with Gasteiger partial charge in [-0.1, -0.05) is 66.2 Å². The van der Waals surface area contributed by atoms with Gasteiger partial charge in [0.25, 0.3) is 0 Å². The molecule has 24 heavy (non-hydrogen) atoms. The summed E-state index contributed by atoms with van der Waals surface area (Å²) in [5.74, 6) is 0.665. The van der Waals surface area contributed by atoms with Gasteiger partial charge >= 0.3 is 0 Å². The molecule has 0 aliphatic carbocycles. The van der Waals surface area contributed by atoms with Crippen LogP contribution in [0.5, 0.6) is 0 Å². The lowest BCUT2D eigenvalue weighted by Gasteiger charge is -2.34. The maximum absolute atomic E-state index is 6.46. The largest absolute Gasteiger partial charge is 0.365 e. The molecule has 0 N–H and O–H groups in total. The molecule has 0 spiro atoms. The number of hydrogen-bond acceptors (Lipinski definition) is 2. The van der Waals surface area contributed by atoms with Gasteiger partial charge in [0, 0.05) is 32.2 Å². The second kappa shape index (κ2) is 7.77. The van der Waals surface area contributed by atoms with Gasteiger partial charge in [-0.2, -0.15) is 0 Å². The Morgan fingerprint density at radius 3 is 2.62 bits per heavy atom. The molecule has 4 heteroatoms. The average Bonchev–Trinajstić information content (AvgIpc) is 2.89. The Kier molecular flexibility index (Phi) is 5.70. The molecule has 2 aliphatic heterocycles. The highest BCUT2D eigenvalue weighted by Crippen LogP contribution is 2.37. The first-order chi connectivity index (χ1) is 11.6. The molecule has 1 aromatic rings. The van der Waals surface area contributed by atoms with E-state index in [4.69, 9.17) is 23.2 Å². The second-order valence-electron chi connectivity index (χ2n) is 6.62. The lowest BCUT2D eigenvalue weighted by Crippen LogP contribution is -2.41. The highest BCUT2D eigenvalue weighted by atomic mass is 35.5. The van der Waals surface area contributed by atoms with E-state index in [0.717, 1.165) is 31.9 Å². The van der Waals surface area contributed by atoms with E-state index in [2.05, 4.69) is 46.7 Å². The molecule has 128 valence electrons. The van der Waals surface area contributed by atoms with Crippen molar-refractivity contribution in [2.75, 3.05) is 19.6 Å².